The molecule has 20 heavy (non-hydrogen) atoms. The van der Waals surface area contributed by atoms with Gasteiger partial charge >= 0.3 is 0 Å². The molecule has 0 bridgehead atoms. The number of halogens is 1. The van der Waals surface area contributed by atoms with Crippen LogP contribution in [0.3, 0.4) is 0 Å². The lowest BCUT2D eigenvalue weighted by molar-refractivity contribution is 0.864. The third-order valence-corrected chi connectivity index (χ3v) is 3.41. The zero-order valence-corrected chi connectivity index (χ0v) is 11.7. The van der Waals surface area contributed by atoms with Crippen molar-refractivity contribution in [3.8, 4) is 16.8 Å². The number of H-pyrrole nitrogens is 1. The monoisotopic (exact) mass is 284 g/mol. The first-order valence-electron chi connectivity index (χ1n) is 6.28. The molecule has 0 fully saturated rings. The molecule has 0 aliphatic carbocycles. The molecule has 0 unspecified atom stereocenters. The van der Waals surface area contributed by atoms with Gasteiger partial charge in [-0.2, -0.15) is 0 Å². The Hall–Kier alpha value is -2.26. The van der Waals surface area contributed by atoms with Gasteiger partial charge in [-0.15, -0.1) is 0 Å². The van der Waals surface area contributed by atoms with Gasteiger partial charge in [0.25, 0.3) is 5.56 Å². The number of hydrogen-bond donors (Lipinski definition) is 1. The second-order valence-corrected chi connectivity index (χ2v) is 5.14. The average molecular weight is 285 g/mol. The lowest BCUT2D eigenvalue weighted by Crippen LogP contribution is -2.05. The van der Waals surface area contributed by atoms with Crippen molar-refractivity contribution in [2.45, 2.75) is 6.92 Å². The fourth-order valence-electron chi connectivity index (χ4n) is 2.15. The van der Waals surface area contributed by atoms with E-state index in [9.17, 15) is 4.79 Å². The summed E-state index contributed by atoms with van der Waals surface area (Å²) in [6, 6.07) is 15.2. The van der Waals surface area contributed by atoms with Gasteiger partial charge in [-0.05, 0) is 36.8 Å². The summed E-state index contributed by atoms with van der Waals surface area (Å²) in [5.74, 6) is 0. The molecular formula is C16H13ClN2O. The highest BCUT2D eigenvalue weighted by atomic mass is 35.5. The Morgan fingerprint density at radius 1 is 1.10 bits per heavy atom. The van der Waals surface area contributed by atoms with Crippen LogP contribution in [0.1, 0.15) is 5.56 Å². The summed E-state index contributed by atoms with van der Waals surface area (Å²) in [6.45, 7) is 2.01. The minimum Gasteiger partial charge on any atom is -0.267 e. The molecule has 2 aromatic carbocycles. The van der Waals surface area contributed by atoms with Gasteiger partial charge in [0, 0.05) is 11.2 Å². The van der Waals surface area contributed by atoms with E-state index in [0.717, 1.165) is 16.8 Å². The van der Waals surface area contributed by atoms with Gasteiger partial charge in [0.2, 0.25) is 0 Å². The number of aromatic nitrogens is 2. The molecule has 0 aliphatic heterocycles. The number of rotatable bonds is 2. The fraction of sp³-hybridized carbons (Fsp3) is 0.0625. The largest absolute Gasteiger partial charge is 0.272 e. The summed E-state index contributed by atoms with van der Waals surface area (Å²) in [7, 11) is 0. The number of benzene rings is 2. The molecule has 1 N–H and O–H groups in total. The van der Waals surface area contributed by atoms with E-state index >= 15 is 0 Å². The molecule has 3 rings (SSSR count). The van der Waals surface area contributed by atoms with Crippen molar-refractivity contribution < 1.29 is 0 Å². The minimum absolute atomic E-state index is 0.106. The first kappa shape index (κ1) is 12.8. The molecule has 1 heterocycles. The molecule has 1 aromatic heterocycles. The van der Waals surface area contributed by atoms with E-state index in [2.05, 4.69) is 5.10 Å². The van der Waals surface area contributed by atoms with Crippen LogP contribution in [0, 0.1) is 6.92 Å². The molecule has 0 amide bonds. The molecule has 0 atom stereocenters. The second-order valence-electron chi connectivity index (χ2n) is 4.70. The maximum atomic E-state index is 12.1. The van der Waals surface area contributed by atoms with Crippen LogP contribution >= 0.6 is 11.6 Å². The molecule has 3 nitrogen and oxygen atoms in total. The topological polar surface area (TPSA) is 37.8 Å². The average Bonchev–Trinajstić information content (AvgIpc) is 2.82. The number of nitrogens with zero attached hydrogens (tertiary/aromatic N) is 1. The predicted octanol–water partition coefficient (Wildman–Crippen LogP) is 3.79. The van der Waals surface area contributed by atoms with Crippen molar-refractivity contribution in [3.63, 3.8) is 0 Å². The molecule has 0 aliphatic rings. The van der Waals surface area contributed by atoms with Gasteiger partial charge in [-0.1, -0.05) is 41.4 Å². The summed E-state index contributed by atoms with van der Waals surface area (Å²) in [5, 5.41) is 3.49. The van der Waals surface area contributed by atoms with Crippen LogP contribution in [0.25, 0.3) is 16.8 Å². The quantitative estimate of drug-likeness (QED) is 0.764. The Morgan fingerprint density at radius 2 is 1.85 bits per heavy atom. The van der Waals surface area contributed by atoms with Crippen LogP contribution in [-0.2, 0) is 0 Å². The maximum absolute atomic E-state index is 12.1. The second kappa shape index (κ2) is 5.02. The highest BCUT2D eigenvalue weighted by molar-refractivity contribution is 6.30. The van der Waals surface area contributed by atoms with Crippen molar-refractivity contribution in [1.82, 2.24) is 9.78 Å². The third kappa shape index (κ3) is 2.40. The van der Waals surface area contributed by atoms with E-state index in [1.807, 2.05) is 43.3 Å². The summed E-state index contributed by atoms with van der Waals surface area (Å²) < 4.78 is 1.70. The van der Waals surface area contributed by atoms with Gasteiger partial charge in [-0.3, -0.25) is 14.6 Å². The van der Waals surface area contributed by atoms with Crippen molar-refractivity contribution in [3.05, 3.63) is 75.7 Å². The Morgan fingerprint density at radius 3 is 2.55 bits per heavy atom. The van der Waals surface area contributed by atoms with Crippen molar-refractivity contribution in [2.24, 2.45) is 0 Å². The number of aromatic amines is 1. The highest BCUT2D eigenvalue weighted by Gasteiger charge is 2.08. The van der Waals surface area contributed by atoms with E-state index in [1.54, 1.807) is 23.0 Å². The van der Waals surface area contributed by atoms with Crippen LogP contribution in [0.15, 0.2) is 59.5 Å². The molecule has 100 valence electrons. The van der Waals surface area contributed by atoms with Gasteiger partial charge < -0.3 is 0 Å². The van der Waals surface area contributed by atoms with Crippen molar-refractivity contribution >= 4 is 11.6 Å². The molecule has 4 heteroatoms. The zero-order chi connectivity index (χ0) is 14.1. The van der Waals surface area contributed by atoms with E-state index in [1.165, 1.54) is 0 Å². The van der Waals surface area contributed by atoms with E-state index < -0.39 is 0 Å². The summed E-state index contributed by atoms with van der Waals surface area (Å²) in [4.78, 5) is 12.1. The molecule has 0 saturated carbocycles. The highest BCUT2D eigenvalue weighted by Crippen LogP contribution is 2.18. The normalized spacial score (nSPS) is 10.7. The van der Waals surface area contributed by atoms with Gasteiger partial charge in [0.15, 0.2) is 0 Å². The Bertz CT molecular complexity index is 800. The summed E-state index contributed by atoms with van der Waals surface area (Å²) in [5.41, 5.74) is 3.46. The SMILES string of the molecule is Cc1cccc(-c2cn(-c3ccc(Cl)cc3)[nH]c2=O)c1. The number of aryl methyl sites for hydroxylation is 1. The Kier molecular flexibility index (Phi) is 3.20. The van der Waals surface area contributed by atoms with Crippen LogP contribution < -0.4 is 5.56 Å². The predicted molar refractivity (Wildman–Crippen MR) is 81.6 cm³/mol. The van der Waals surface area contributed by atoms with Crippen LogP contribution in [0.2, 0.25) is 5.02 Å². The van der Waals surface area contributed by atoms with Gasteiger partial charge in [0.1, 0.15) is 0 Å². The minimum atomic E-state index is -0.106. The number of nitrogens with one attached hydrogen (secondary N) is 1. The lowest BCUT2D eigenvalue weighted by atomic mass is 10.1. The molecular weight excluding hydrogens is 272 g/mol. The van der Waals surface area contributed by atoms with Gasteiger partial charge in [0.05, 0.1) is 11.3 Å². The summed E-state index contributed by atoms with van der Waals surface area (Å²) >= 11 is 5.87. The zero-order valence-electron chi connectivity index (χ0n) is 10.9. The van der Waals surface area contributed by atoms with Crippen LogP contribution in [0.4, 0.5) is 0 Å². The van der Waals surface area contributed by atoms with Gasteiger partial charge in [-0.25, -0.2) is 0 Å². The first-order valence-corrected chi connectivity index (χ1v) is 6.66. The number of hydrogen-bond acceptors (Lipinski definition) is 1. The molecule has 0 radical (unpaired) electrons. The first-order chi connectivity index (χ1) is 9.63. The Balaban J connectivity index is 2.07. The van der Waals surface area contributed by atoms with E-state index in [-0.39, 0.29) is 5.56 Å². The fourth-order valence-corrected chi connectivity index (χ4v) is 2.27. The van der Waals surface area contributed by atoms with E-state index in [0.29, 0.717) is 10.6 Å². The maximum Gasteiger partial charge on any atom is 0.272 e. The Labute approximate surface area is 121 Å². The van der Waals surface area contributed by atoms with Crippen molar-refractivity contribution in [2.75, 3.05) is 0 Å². The van der Waals surface area contributed by atoms with Crippen molar-refractivity contribution in [1.29, 1.82) is 0 Å². The molecule has 0 saturated heterocycles. The molecule has 0 spiro atoms. The third-order valence-electron chi connectivity index (χ3n) is 3.16. The van der Waals surface area contributed by atoms with Crippen LogP contribution in [0.5, 0.6) is 0 Å². The smallest absolute Gasteiger partial charge is 0.267 e. The van der Waals surface area contributed by atoms with E-state index in [4.69, 9.17) is 11.6 Å². The molecule has 3 aromatic rings. The summed E-state index contributed by atoms with van der Waals surface area (Å²) in [6.07, 6.45) is 1.81. The lowest BCUT2D eigenvalue weighted by Gasteiger charge is -2.01. The van der Waals surface area contributed by atoms with Crippen LogP contribution in [-0.4, -0.2) is 9.78 Å². The standard InChI is InChI=1S/C16H13ClN2O/c1-11-3-2-4-12(9-11)15-10-19(18-16(15)20)14-7-5-13(17)6-8-14/h2-10H,1H3,(H,18,20).